The SMILES string of the molecule is O=C(O)/C(=C\C1CCCCC1)CC(=O)N1CC2CCCCC2C1. The third-order valence-corrected chi connectivity index (χ3v) is 6.03. The largest absolute Gasteiger partial charge is 0.478 e. The van der Waals surface area contributed by atoms with Crippen molar-refractivity contribution in [1.29, 1.82) is 0 Å². The molecule has 0 aromatic carbocycles. The summed E-state index contributed by atoms with van der Waals surface area (Å²) in [5, 5.41) is 9.46. The van der Waals surface area contributed by atoms with Crippen molar-refractivity contribution in [2.75, 3.05) is 13.1 Å². The van der Waals surface area contributed by atoms with E-state index < -0.39 is 5.97 Å². The average Bonchev–Trinajstić information content (AvgIpc) is 2.99. The molecule has 23 heavy (non-hydrogen) atoms. The monoisotopic (exact) mass is 319 g/mol. The smallest absolute Gasteiger partial charge is 0.331 e. The topological polar surface area (TPSA) is 57.6 Å². The second-order valence-electron chi connectivity index (χ2n) is 7.68. The van der Waals surface area contributed by atoms with E-state index in [1.165, 1.54) is 44.9 Å². The molecule has 2 atom stereocenters. The first-order chi connectivity index (χ1) is 11.1. The molecule has 0 bridgehead atoms. The number of carboxylic acids is 1. The molecule has 3 fully saturated rings. The molecule has 1 saturated heterocycles. The number of fused-ring (bicyclic) bond motifs is 1. The van der Waals surface area contributed by atoms with Crippen LogP contribution in [0.25, 0.3) is 0 Å². The number of nitrogens with zero attached hydrogens (tertiary/aromatic N) is 1. The summed E-state index contributed by atoms with van der Waals surface area (Å²) in [6.07, 6.45) is 12.7. The Balaban J connectivity index is 1.60. The quantitative estimate of drug-likeness (QED) is 0.805. The van der Waals surface area contributed by atoms with Gasteiger partial charge in [0, 0.05) is 18.7 Å². The lowest BCUT2D eigenvalue weighted by molar-refractivity contribution is -0.136. The highest BCUT2D eigenvalue weighted by molar-refractivity contribution is 5.94. The van der Waals surface area contributed by atoms with E-state index in [0.29, 0.717) is 23.3 Å². The highest BCUT2D eigenvalue weighted by Gasteiger charge is 2.36. The maximum Gasteiger partial charge on any atom is 0.331 e. The van der Waals surface area contributed by atoms with Gasteiger partial charge in [0.1, 0.15) is 0 Å². The second kappa shape index (κ2) is 7.50. The Labute approximate surface area is 138 Å². The summed E-state index contributed by atoms with van der Waals surface area (Å²) >= 11 is 0. The molecule has 0 radical (unpaired) electrons. The maximum atomic E-state index is 12.6. The van der Waals surface area contributed by atoms with Crippen LogP contribution in [-0.4, -0.2) is 35.0 Å². The van der Waals surface area contributed by atoms with Crippen molar-refractivity contribution in [3.63, 3.8) is 0 Å². The van der Waals surface area contributed by atoms with Gasteiger partial charge in [-0.15, -0.1) is 0 Å². The minimum atomic E-state index is -0.916. The van der Waals surface area contributed by atoms with Crippen LogP contribution < -0.4 is 0 Å². The van der Waals surface area contributed by atoms with E-state index in [1.54, 1.807) is 0 Å². The molecule has 1 aliphatic heterocycles. The van der Waals surface area contributed by atoms with E-state index in [1.807, 2.05) is 11.0 Å². The summed E-state index contributed by atoms with van der Waals surface area (Å²) in [6, 6.07) is 0. The third kappa shape index (κ3) is 4.15. The Morgan fingerprint density at radius 2 is 1.48 bits per heavy atom. The molecular formula is C19H29NO3. The van der Waals surface area contributed by atoms with Crippen molar-refractivity contribution in [2.45, 2.75) is 64.2 Å². The number of carboxylic acid groups (broad SMARTS) is 1. The van der Waals surface area contributed by atoms with E-state index in [4.69, 9.17) is 0 Å². The molecule has 0 aromatic rings. The Morgan fingerprint density at radius 3 is 2.04 bits per heavy atom. The molecule has 0 spiro atoms. The molecule has 2 aliphatic carbocycles. The number of allylic oxidation sites excluding steroid dienone is 1. The number of aliphatic carboxylic acids is 1. The van der Waals surface area contributed by atoms with Gasteiger partial charge in [-0.3, -0.25) is 4.79 Å². The van der Waals surface area contributed by atoms with Crippen LogP contribution in [0.2, 0.25) is 0 Å². The molecule has 3 rings (SSSR count). The summed E-state index contributed by atoms with van der Waals surface area (Å²) in [5.74, 6) is 0.764. The summed E-state index contributed by atoms with van der Waals surface area (Å²) in [5.41, 5.74) is 0.316. The van der Waals surface area contributed by atoms with Crippen LogP contribution in [0.3, 0.4) is 0 Å². The van der Waals surface area contributed by atoms with Crippen LogP contribution in [-0.2, 0) is 9.59 Å². The molecule has 2 unspecified atom stereocenters. The van der Waals surface area contributed by atoms with Crippen molar-refractivity contribution in [3.8, 4) is 0 Å². The number of amides is 1. The Kier molecular flexibility index (Phi) is 5.39. The summed E-state index contributed by atoms with van der Waals surface area (Å²) in [6.45, 7) is 1.69. The van der Waals surface area contributed by atoms with Gasteiger partial charge in [-0.25, -0.2) is 4.79 Å². The van der Waals surface area contributed by atoms with Gasteiger partial charge in [-0.05, 0) is 43.4 Å². The fourth-order valence-electron chi connectivity index (χ4n) is 4.68. The summed E-state index contributed by atoms with van der Waals surface area (Å²) in [7, 11) is 0. The second-order valence-corrected chi connectivity index (χ2v) is 7.68. The molecule has 128 valence electrons. The zero-order chi connectivity index (χ0) is 16.2. The number of likely N-dealkylation sites (tertiary alicyclic amines) is 1. The predicted octanol–water partition coefficient (Wildman–Crippen LogP) is 3.62. The average molecular weight is 319 g/mol. The standard InChI is InChI=1S/C19H29NO3/c21-18(20-12-15-8-4-5-9-16(15)13-20)11-17(19(22)23)10-14-6-2-1-3-7-14/h10,14-16H,1-9,11-13H2,(H,22,23)/b17-10-. The van der Waals surface area contributed by atoms with Crippen LogP contribution in [0.15, 0.2) is 11.6 Å². The van der Waals surface area contributed by atoms with Gasteiger partial charge < -0.3 is 10.0 Å². The number of rotatable bonds is 4. The number of hydrogen-bond donors (Lipinski definition) is 1. The lowest BCUT2D eigenvalue weighted by atomic mass is 9.82. The Bertz CT molecular complexity index is 465. The molecule has 2 saturated carbocycles. The van der Waals surface area contributed by atoms with Crippen molar-refractivity contribution in [2.24, 2.45) is 17.8 Å². The molecule has 4 nitrogen and oxygen atoms in total. The van der Waals surface area contributed by atoms with Gasteiger partial charge in [-0.1, -0.05) is 38.2 Å². The van der Waals surface area contributed by atoms with Crippen LogP contribution in [0.5, 0.6) is 0 Å². The van der Waals surface area contributed by atoms with Crippen molar-refractivity contribution < 1.29 is 14.7 Å². The lowest BCUT2D eigenvalue weighted by Gasteiger charge is -2.22. The minimum absolute atomic E-state index is 0.0175. The summed E-state index contributed by atoms with van der Waals surface area (Å²) in [4.78, 5) is 26.0. The zero-order valence-corrected chi connectivity index (χ0v) is 14.0. The van der Waals surface area contributed by atoms with Crippen LogP contribution in [0.4, 0.5) is 0 Å². The highest BCUT2D eigenvalue weighted by atomic mass is 16.4. The van der Waals surface area contributed by atoms with E-state index in [-0.39, 0.29) is 12.3 Å². The fraction of sp³-hybridized carbons (Fsp3) is 0.789. The molecular weight excluding hydrogens is 290 g/mol. The van der Waals surface area contributed by atoms with Gasteiger partial charge in [0.15, 0.2) is 0 Å². The van der Waals surface area contributed by atoms with Gasteiger partial charge in [0.05, 0.1) is 6.42 Å². The van der Waals surface area contributed by atoms with Gasteiger partial charge in [-0.2, -0.15) is 0 Å². The minimum Gasteiger partial charge on any atom is -0.478 e. The lowest BCUT2D eigenvalue weighted by Crippen LogP contribution is -2.30. The first-order valence-electron chi connectivity index (χ1n) is 9.35. The maximum absolute atomic E-state index is 12.6. The van der Waals surface area contributed by atoms with Crippen LogP contribution >= 0.6 is 0 Å². The molecule has 1 heterocycles. The van der Waals surface area contributed by atoms with Gasteiger partial charge in [0.2, 0.25) is 5.91 Å². The van der Waals surface area contributed by atoms with Crippen molar-refractivity contribution in [3.05, 3.63) is 11.6 Å². The van der Waals surface area contributed by atoms with E-state index in [0.717, 1.165) is 25.9 Å². The molecule has 0 aromatic heterocycles. The number of hydrogen-bond acceptors (Lipinski definition) is 2. The first-order valence-corrected chi connectivity index (χ1v) is 9.35. The predicted molar refractivity (Wildman–Crippen MR) is 88.9 cm³/mol. The van der Waals surface area contributed by atoms with Gasteiger partial charge in [0.25, 0.3) is 0 Å². The normalized spacial score (nSPS) is 29.4. The van der Waals surface area contributed by atoms with Crippen LogP contribution in [0, 0.1) is 17.8 Å². The van der Waals surface area contributed by atoms with Crippen molar-refractivity contribution in [1.82, 2.24) is 4.90 Å². The Hall–Kier alpha value is -1.32. The van der Waals surface area contributed by atoms with Crippen molar-refractivity contribution >= 4 is 11.9 Å². The third-order valence-electron chi connectivity index (χ3n) is 6.03. The molecule has 1 amide bonds. The van der Waals surface area contributed by atoms with E-state index >= 15 is 0 Å². The first kappa shape index (κ1) is 16.5. The molecule has 1 N–H and O–H groups in total. The van der Waals surface area contributed by atoms with Gasteiger partial charge >= 0.3 is 5.97 Å². The zero-order valence-electron chi connectivity index (χ0n) is 14.0. The highest BCUT2D eigenvalue weighted by Crippen LogP contribution is 2.36. The Morgan fingerprint density at radius 1 is 0.913 bits per heavy atom. The fourth-order valence-corrected chi connectivity index (χ4v) is 4.68. The molecule has 4 heteroatoms. The van der Waals surface area contributed by atoms with E-state index in [9.17, 15) is 14.7 Å². The number of carbonyl (C=O) groups is 2. The molecule has 3 aliphatic rings. The summed E-state index contributed by atoms with van der Waals surface area (Å²) < 4.78 is 0. The van der Waals surface area contributed by atoms with E-state index in [2.05, 4.69) is 0 Å². The van der Waals surface area contributed by atoms with Crippen LogP contribution in [0.1, 0.15) is 64.2 Å². The number of carbonyl (C=O) groups excluding carboxylic acids is 1.